The Bertz CT molecular complexity index is 1230. The molecule has 2 aromatic carbocycles. The number of rotatable bonds is 13. The molecular formula is C29H35N5O4S. The van der Waals surface area contributed by atoms with Crippen molar-refractivity contribution < 1.29 is 19.1 Å². The van der Waals surface area contributed by atoms with Crippen molar-refractivity contribution in [3.05, 3.63) is 65.7 Å². The van der Waals surface area contributed by atoms with E-state index in [1.807, 2.05) is 61.5 Å². The van der Waals surface area contributed by atoms with Crippen molar-refractivity contribution in [2.45, 2.75) is 50.3 Å². The van der Waals surface area contributed by atoms with E-state index in [1.54, 1.807) is 7.11 Å². The van der Waals surface area contributed by atoms with Gasteiger partial charge in [-0.3, -0.25) is 19.4 Å². The number of carbonyl (C=O) groups excluding carboxylic acids is 3. The first kappa shape index (κ1) is 28.5. The van der Waals surface area contributed by atoms with Gasteiger partial charge in [0.2, 0.25) is 11.8 Å². The van der Waals surface area contributed by atoms with Gasteiger partial charge in [-0.2, -0.15) is 0 Å². The van der Waals surface area contributed by atoms with Crippen LogP contribution in [-0.2, 0) is 25.5 Å². The summed E-state index contributed by atoms with van der Waals surface area (Å²) in [6.45, 7) is 3.56. The molecule has 0 aliphatic carbocycles. The first-order valence-corrected chi connectivity index (χ1v) is 14.2. The average Bonchev–Trinajstić information content (AvgIpc) is 3.29. The molecule has 2 aromatic rings. The molecule has 0 bridgehead atoms. The molecule has 2 heterocycles. The zero-order valence-electron chi connectivity index (χ0n) is 22.4. The zero-order valence-corrected chi connectivity index (χ0v) is 23.2. The summed E-state index contributed by atoms with van der Waals surface area (Å²) in [5.74, 6) is 0.0915. The number of nitrogens with zero attached hydrogens (tertiary/aromatic N) is 3. The highest BCUT2D eigenvalue weighted by molar-refractivity contribution is 8.15. The number of benzene rings is 2. The molecule has 2 aliphatic heterocycles. The van der Waals surface area contributed by atoms with Crippen molar-refractivity contribution >= 4 is 46.2 Å². The molecule has 39 heavy (non-hydrogen) atoms. The molecule has 2 aliphatic rings. The number of methoxy groups -OCH3 is 1. The first-order chi connectivity index (χ1) is 19.0. The third-order valence-corrected chi connectivity index (χ3v) is 7.82. The van der Waals surface area contributed by atoms with Crippen LogP contribution in [0.3, 0.4) is 0 Å². The summed E-state index contributed by atoms with van der Waals surface area (Å²) >= 11 is 1.27. The Kier molecular flexibility index (Phi) is 10.3. The largest absolute Gasteiger partial charge is 0.385 e. The fraction of sp³-hybridized carbons (Fsp3) is 0.414. The van der Waals surface area contributed by atoms with E-state index in [4.69, 9.17) is 14.7 Å². The molecule has 10 heteroatoms. The molecule has 206 valence electrons. The maximum Gasteiger partial charge on any atom is 0.259 e. The van der Waals surface area contributed by atoms with Crippen molar-refractivity contribution in [2.75, 3.05) is 26.8 Å². The van der Waals surface area contributed by atoms with Crippen LogP contribution >= 0.6 is 11.8 Å². The zero-order chi connectivity index (χ0) is 27.6. The van der Waals surface area contributed by atoms with Crippen LogP contribution in [0.2, 0.25) is 0 Å². The molecular weight excluding hydrogens is 514 g/mol. The summed E-state index contributed by atoms with van der Waals surface area (Å²) in [5, 5.41) is 5.90. The van der Waals surface area contributed by atoms with E-state index in [0.29, 0.717) is 49.2 Å². The smallest absolute Gasteiger partial charge is 0.259 e. The summed E-state index contributed by atoms with van der Waals surface area (Å²) in [7, 11) is 1.63. The molecule has 9 nitrogen and oxygen atoms in total. The third kappa shape index (κ3) is 7.33. The summed E-state index contributed by atoms with van der Waals surface area (Å²) in [6, 6.07) is 16.8. The lowest BCUT2D eigenvalue weighted by Gasteiger charge is -2.27. The molecule has 2 N–H and O–H groups in total. The Morgan fingerprint density at radius 1 is 1.08 bits per heavy atom. The van der Waals surface area contributed by atoms with Crippen LogP contribution in [0.4, 0.5) is 5.69 Å². The number of hydrogen-bond acceptors (Lipinski definition) is 7. The number of ether oxygens (including phenoxy) is 1. The number of para-hydroxylation sites is 1. The molecule has 3 amide bonds. The lowest BCUT2D eigenvalue weighted by molar-refractivity contribution is -0.125. The summed E-state index contributed by atoms with van der Waals surface area (Å²) in [4.78, 5) is 49.9. The van der Waals surface area contributed by atoms with E-state index in [1.165, 1.54) is 16.7 Å². The Balaban J connectivity index is 1.40. The van der Waals surface area contributed by atoms with Gasteiger partial charge in [-0.25, -0.2) is 9.89 Å². The van der Waals surface area contributed by atoms with Gasteiger partial charge in [-0.05, 0) is 43.4 Å². The molecule has 0 saturated carbocycles. The number of aliphatic imine (C=N–C) groups is 2. The fourth-order valence-corrected chi connectivity index (χ4v) is 5.45. The lowest BCUT2D eigenvalue weighted by atomic mass is 10.1. The van der Waals surface area contributed by atoms with Gasteiger partial charge in [0.25, 0.3) is 5.91 Å². The van der Waals surface area contributed by atoms with Crippen LogP contribution in [0.5, 0.6) is 0 Å². The highest BCUT2D eigenvalue weighted by Crippen LogP contribution is 2.35. The Labute approximate surface area is 233 Å². The predicted octanol–water partition coefficient (Wildman–Crippen LogP) is 3.45. The number of carbonyl (C=O) groups is 3. The highest BCUT2D eigenvalue weighted by Gasteiger charge is 2.42. The van der Waals surface area contributed by atoms with Crippen molar-refractivity contribution in [1.29, 1.82) is 0 Å². The number of nitrogens with one attached hydrogen (secondary N) is 2. The van der Waals surface area contributed by atoms with E-state index in [-0.39, 0.29) is 24.1 Å². The first-order valence-electron chi connectivity index (χ1n) is 13.4. The number of fused-ring (bicyclic) bond motifs is 3. The van der Waals surface area contributed by atoms with Crippen LogP contribution in [0, 0.1) is 0 Å². The Morgan fingerprint density at radius 2 is 1.85 bits per heavy atom. The van der Waals surface area contributed by atoms with Crippen molar-refractivity contribution in [2.24, 2.45) is 9.98 Å². The molecule has 0 unspecified atom stereocenters. The number of thioether (sulfide) groups is 1. The van der Waals surface area contributed by atoms with Crippen molar-refractivity contribution in [3.63, 3.8) is 0 Å². The summed E-state index contributed by atoms with van der Waals surface area (Å²) in [6.07, 6.45) is 2.53. The second-order valence-corrected chi connectivity index (χ2v) is 10.5. The minimum Gasteiger partial charge on any atom is -0.385 e. The normalized spacial score (nSPS) is 16.6. The van der Waals surface area contributed by atoms with E-state index >= 15 is 0 Å². The van der Waals surface area contributed by atoms with E-state index in [9.17, 15) is 14.4 Å². The predicted molar refractivity (Wildman–Crippen MR) is 154 cm³/mol. The van der Waals surface area contributed by atoms with E-state index in [2.05, 4.69) is 10.6 Å². The molecule has 2 atom stereocenters. The topological polar surface area (TPSA) is 112 Å². The second-order valence-electron chi connectivity index (χ2n) is 9.33. The maximum absolute atomic E-state index is 13.5. The van der Waals surface area contributed by atoms with Crippen molar-refractivity contribution in [1.82, 2.24) is 15.5 Å². The Hall–Kier alpha value is -3.50. The van der Waals surface area contributed by atoms with E-state index in [0.717, 1.165) is 24.0 Å². The summed E-state index contributed by atoms with van der Waals surface area (Å²) < 4.78 is 5.05. The maximum atomic E-state index is 13.5. The molecule has 0 saturated heterocycles. The van der Waals surface area contributed by atoms with Gasteiger partial charge in [0.15, 0.2) is 5.17 Å². The SMILES string of the molecule is CC[C@H](SC1=Nc2ccccc2C2=N[C@H](CCC(=O)NCCc3ccccc3)C(=O)N12)C(=O)NCCCOC. The van der Waals surface area contributed by atoms with Gasteiger partial charge < -0.3 is 15.4 Å². The minimum absolute atomic E-state index is 0.103. The second kappa shape index (κ2) is 14.0. The van der Waals surface area contributed by atoms with Gasteiger partial charge in [-0.15, -0.1) is 0 Å². The third-order valence-electron chi connectivity index (χ3n) is 6.51. The number of amidine groups is 2. The van der Waals surface area contributed by atoms with Gasteiger partial charge >= 0.3 is 0 Å². The minimum atomic E-state index is -0.681. The van der Waals surface area contributed by atoms with Crippen LogP contribution in [-0.4, -0.2) is 71.7 Å². The van der Waals surface area contributed by atoms with Crippen LogP contribution in [0.1, 0.15) is 43.7 Å². The Morgan fingerprint density at radius 3 is 2.62 bits per heavy atom. The van der Waals surface area contributed by atoms with Gasteiger partial charge in [-0.1, -0.05) is 61.2 Å². The highest BCUT2D eigenvalue weighted by atomic mass is 32.2. The van der Waals surface area contributed by atoms with Gasteiger partial charge in [0, 0.05) is 38.8 Å². The standard InChI is InChI=1S/C29H35N5O4S/c1-3-24(27(36)31-17-9-19-38-2)39-29-33-22-13-8-7-12-21(22)26-32-23(28(37)34(26)29)14-15-25(35)30-18-16-20-10-5-4-6-11-20/h4-8,10-13,23-24H,3,9,14-19H2,1-2H3,(H,30,35)(H,31,36)/t23-,24+/m1/s1. The quantitative estimate of drug-likeness (QED) is 0.372. The molecule has 0 spiro atoms. The fourth-order valence-electron chi connectivity index (χ4n) is 4.41. The number of amides is 3. The van der Waals surface area contributed by atoms with Gasteiger partial charge in [0.05, 0.1) is 10.9 Å². The van der Waals surface area contributed by atoms with Crippen molar-refractivity contribution in [3.8, 4) is 0 Å². The molecule has 0 aromatic heterocycles. The van der Waals surface area contributed by atoms with Gasteiger partial charge in [0.1, 0.15) is 11.9 Å². The van der Waals surface area contributed by atoms with Crippen LogP contribution < -0.4 is 10.6 Å². The monoisotopic (exact) mass is 549 g/mol. The average molecular weight is 550 g/mol. The van der Waals surface area contributed by atoms with E-state index < -0.39 is 11.3 Å². The summed E-state index contributed by atoms with van der Waals surface area (Å²) in [5.41, 5.74) is 2.63. The van der Waals surface area contributed by atoms with Crippen LogP contribution in [0.25, 0.3) is 0 Å². The molecule has 4 rings (SSSR count). The van der Waals surface area contributed by atoms with Crippen LogP contribution in [0.15, 0.2) is 64.6 Å². The number of hydrogen-bond donors (Lipinski definition) is 2. The molecule has 0 radical (unpaired) electrons. The molecule has 0 fully saturated rings. The lowest BCUT2D eigenvalue weighted by Crippen LogP contribution is -2.43.